The molecule has 0 saturated carbocycles. The van der Waals surface area contributed by atoms with E-state index >= 15 is 0 Å². The lowest BCUT2D eigenvalue weighted by molar-refractivity contribution is 0.0824. The van der Waals surface area contributed by atoms with E-state index in [4.69, 9.17) is 14.5 Å². The third-order valence-corrected chi connectivity index (χ3v) is 6.02. The fraction of sp³-hybridized carbons (Fsp3) is 0.273. The summed E-state index contributed by atoms with van der Waals surface area (Å²) in [6.45, 7) is 4.41. The fourth-order valence-electron chi connectivity index (χ4n) is 4.45. The van der Waals surface area contributed by atoms with Crippen molar-refractivity contribution in [3.63, 3.8) is 0 Å². The summed E-state index contributed by atoms with van der Waals surface area (Å²) in [5, 5.41) is 1.90. The van der Waals surface area contributed by atoms with Crippen molar-refractivity contribution in [2.75, 3.05) is 19.1 Å². The van der Waals surface area contributed by atoms with Crippen molar-refractivity contribution in [1.29, 1.82) is 0 Å². The molecule has 5 nitrogen and oxygen atoms in total. The van der Waals surface area contributed by atoms with Crippen LogP contribution >= 0.6 is 0 Å². The van der Waals surface area contributed by atoms with Crippen molar-refractivity contribution < 1.29 is 9.47 Å². The van der Waals surface area contributed by atoms with Crippen LogP contribution in [0.15, 0.2) is 53.8 Å². The van der Waals surface area contributed by atoms with Gasteiger partial charge in [-0.05, 0) is 31.5 Å². The summed E-state index contributed by atoms with van der Waals surface area (Å²) in [6.07, 6.45) is 5.51. The van der Waals surface area contributed by atoms with E-state index in [0.29, 0.717) is 0 Å². The summed E-state index contributed by atoms with van der Waals surface area (Å²) in [5.41, 5.74) is 2.25. The molecule has 1 unspecified atom stereocenters. The highest BCUT2D eigenvalue weighted by Gasteiger charge is 2.58. The summed E-state index contributed by atoms with van der Waals surface area (Å²) < 4.78 is 12.3. The Kier molecular flexibility index (Phi) is 3.12. The molecule has 2 aliphatic rings. The number of methoxy groups -OCH3 is 1. The number of aliphatic imine (C=N–C) groups is 1. The second kappa shape index (κ2) is 5.22. The predicted octanol–water partition coefficient (Wildman–Crippen LogP) is 4.46. The first-order chi connectivity index (χ1) is 13.0. The number of para-hydroxylation sites is 1. The summed E-state index contributed by atoms with van der Waals surface area (Å²) >= 11 is 0. The maximum Gasteiger partial charge on any atom is 0.228 e. The largest absolute Gasteiger partial charge is 0.496 e. The number of aromatic nitrogens is 1. The van der Waals surface area contributed by atoms with E-state index < -0.39 is 5.72 Å². The number of hydrogen-bond donors (Lipinski definition) is 0. The average Bonchev–Trinajstić information content (AvgIpc) is 2.86. The molecule has 1 aromatic heterocycles. The predicted molar refractivity (Wildman–Crippen MR) is 108 cm³/mol. The maximum atomic E-state index is 6.72. The second-order valence-corrected chi connectivity index (χ2v) is 7.60. The number of likely N-dealkylation sites (N-methyl/N-ethyl adjacent to an activating group) is 1. The third kappa shape index (κ3) is 1.89. The Hall–Kier alpha value is -3.08. The Morgan fingerprint density at radius 1 is 1.11 bits per heavy atom. The summed E-state index contributed by atoms with van der Waals surface area (Å²) in [5.74, 6) is 1.46. The van der Waals surface area contributed by atoms with Gasteiger partial charge in [-0.3, -0.25) is 9.98 Å². The molecular weight excluding hydrogens is 338 g/mol. The summed E-state index contributed by atoms with van der Waals surface area (Å²) in [7, 11) is 3.73. The van der Waals surface area contributed by atoms with E-state index in [-0.39, 0.29) is 5.41 Å². The van der Waals surface area contributed by atoms with E-state index in [2.05, 4.69) is 55.0 Å². The van der Waals surface area contributed by atoms with Crippen LogP contribution in [0.5, 0.6) is 11.5 Å². The lowest BCUT2D eigenvalue weighted by atomic mass is 9.77. The van der Waals surface area contributed by atoms with Crippen LogP contribution in [-0.4, -0.2) is 31.1 Å². The molecule has 0 aliphatic carbocycles. The van der Waals surface area contributed by atoms with Crippen LogP contribution in [0.1, 0.15) is 19.4 Å². The van der Waals surface area contributed by atoms with Gasteiger partial charge >= 0.3 is 0 Å². The van der Waals surface area contributed by atoms with Gasteiger partial charge in [-0.2, -0.15) is 0 Å². The van der Waals surface area contributed by atoms with Gasteiger partial charge in [0.2, 0.25) is 5.72 Å². The average molecular weight is 359 g/mol. The zero-order valence-corrected chi connectivity index (χ0v) is 15.9. The number of ether oxygens (including phenoxy) is 2. The standard InChI is InChI=1S/C22H21N3O2/c1-21(2)16-7-5-6-8-17(16)25(3)22(21)13-24-20-14-9-10-23-12-15(14)18(26-4)11-19(20)27-22/h5-13H,1-4H3. The molecule has 1 spiro atoms. The molecule has 0 fully saturated rings. The minimum absolute atomic E-state index is 0.278. The molecule has 2 aromatic carbocycles. The zero-order chi connectivity index (χ0) is 18.8. The Morgan fingerprint density at radius 3 is 2.70 bits per heavy atom. The third-order valence-electron chi connectivity index (χ3n) is 6.02. The molecule has 1 atom stereocenters. The number of fused-ring (bicyclic) bond motifs is 4. The summed E-state index contributed by atoms with van der Waals surface area (Å²) in [4.78, 5) is 11.3. The SMILES string of the molecule is COc1cc2c(c3ccncc13)N=CC1(O2)N(C)c2ccccc2C1(C)C. The molecule has 5 rings (SSSR count). The highest BCUT2D eigenvalue weighted by molar-refractivity contribution is 6.02. The minimum Gasteiger partial charge on any atom is -0.496 e. The van der Waals surface area contributed by atoms with Gasteiger partial charge in [-0.25, -0.2) is 0 Å². The first kappa shape index (κ1) is 16.1. The lowest BCUT2D eigenvalue weighted by Gasteiger charge is -2.45. The van der Waals surface area contributed by atoms with Gasteiger partial charge in [-0.15, -0.1) is 0 Å². The van der Waals surface area contributed by atoms with Crippen LogP contribution in [0.3, 0.4) is 0 Å². The topological polar surface area (TPSA) is 47.0 Å². The quantitative estimate of drug-likeness (QED) is 0.643. The van der Waals surface area contributed by atoms with Crippen LogP contribution in [0.2, 0.25) is 0 Å². The van der Waals surface area contributed by atoms with E-state index in [1.165, 1.54) is 5.56 Å². The first-order valence-electron chi connectivity index (χ1n) is 9.02. The molecule has 2 aliphatic heterocycles. The lowest BCUT2D eigenvalue weighted by Crippen LogP contribution is -2.61. The van der Waals surface area contributed by atoms with E-state index in [0.717, 1.165) is 33.6 Å². The Morgan fingerprint density at radius 2 is 1.93 bits per heavy atom. The van der Waals surface area contributed by atoms with Gasteiger partial charge in [0.15, 0.2) is 5.75 Å². The molecule has 27 heavy (non-hydrogen) atoms. The Bertz CT molecular complexity index is 1110. The van der Waals surface area contributed by atoms with Gasteiger partial charge in [-0.1, -0.05) is 18.2 Å². The van der Waals surface area contributed by atoms with Crippen molar-refractivity contribution in [2.24, 2.45) is 4.99 Å². The Balaban J connectivity index is 1.74. The first-order valence-corrected chi connectivity index (χ1v) is 9.02. The number of hydrogen-bond acceptors (Lipinski definition) is 5. The van der Waals surface area contributed by atoms with Crippen LogP contribution < -0.4 is 14.4 Å². The second-order valence-electron chi connectivity index (χ2n) is 7.60. The van der Waals surface area contributed by atoms with Gasteiger partial charge < -0.3 is 14.4 Å². The van der Waals surface area contributed by atoms with Crippen molar-refractivity contribution in [1.82, 2.24) is 4.98 Å². The van der Waals surface area contributed by atoms with Crippen LogP contribution in [-0.2, 0) is 5.41 Å². The van der Waals surface area contributed by atoms with Gasteiger partial charge in [0, 0.05) is 42.0 Å². The monoisotopic (exact) mass is 359 g/mol. The van der Waals surface area contributed by atoms with Crippen LogP contribution in [0.25, 0.3) is 10.8 Å². The molecule has 0 bridgehead atoms. The normalized spacial score (nSPS) is 21.9. The number of pyridine rings is 1. The molecule has 0 amide bonds. The molecule has 136 valence electrons. The molecule has 0 saturated heterocycles. The summed E-state index contributed by atoms with van der Waals surface area (Å²) in [6, 6.07) is 12.3. The number of nitrogens with zero attached hydrogens (tertiary/aromatic N) is 3. The molecule has 5 heteroatoms. The number of rotatable bonds is 1. The van der Waals surface area contributed by atoms with Crippen molar-refractivity contribution in [3.8, 4) is 11.5 Å². The molecular formula is C22H21N3O2. The van der Waals surface area contributed by atoms with Gasteiger partial charge in [0.1, 0.15) is 11.4 Å². The molecule has 0 radical (unpaired) electrons. The Labute approximate surface area is 158 Å². The number of anilines is 1. The van der Waals surface area contributed by atoms with Gasteiger partial charge in [0.05, 0.1) is 18.7 Å². The van der Waals surface area contributed by atoms with Crippen molar-refractivity contribution in [2.45, 2.75) is 25.0 Å². The zero-order valence-electron chi connectivity index (χ0n) is 15.9. The molecule has 0 N–H and O–H groups in total. The van der Waals surface area contributed by atoms with E-state index in [1.54, 1.807) is 19.5 Å². The van der Waals surface area contributed by atoms with Crippen LogP contribution in [0, 0.1) is 0 Å². The minimum atomic E-state index is -0.699. The highest BCUT2D eigenvalue weighted by Crippen LogP contribution is 2.54. The van der Waals surface area contributed by atoms with Crippen LogP contribution in [0.4, 0.5) is 11.4 Å². The van der Waals surface area contributed by atoms with Gasteiger partial charge in [0.25, 0.3) is 0 Å². The maximum absolute atomic E-state index is 6.72. The van der Waals surface area contributed by atoms with Crippen molar-refractivity contribution in [3.05, 3.63) is 54.4 Å². The number of benzene rings is 2. The van der Waals surface area contributed by atoms with Crippen molar-refractivity contribution >= 4 is 28.4 Å². The van der Waals surface area contributed by atoms with E-state index in [9.17, 15) is 0 Å². The molecule has 3 heterocycles. The fourth-order valence-corrected chi connectivity index (χ4v) is 4.45. The molecule has 3 aromatic rings. The smallest absolute Gasteiger partial charge is 0.228 e. The van der Waals surface area contributed by atoms with E-state index in [1.807, 2.05) is 18.3 Å². The highest BCUT2D eigenvalue weighted by atomic mass is 16.5.